The molecule has 0 fully saturated rings. The first-order valence-electron chi connectivity index (χ1n) is 7.62. The maximum Gasteiger partial charge on any atom is 0.287 e. The molecule has 0 aliphatic heterocycles. The molecule has 2 aromatic carbocycles. The second kappa shape index (κ2) is 6.79. The fourth-order valence-corrected chi connectivity index (χ4v) is 2.35. The third-order valence-electron chi connectivity index (χ3n) is 3.61. The van der Waals surface area contributed by atoms with Crippen LogP contribution in [0.5, 0.6) is 0 Å². The molecule has 9 heteroatoms. The number of anilines is 4. The van der Waals surface area contributed by atoms with Crippen LogP contribution in [0, 0.1) is 11.6 Å². The fraction of sp³-hybridized carbons (Fsp3) is 0.118. The van der Waals surface area contributed by atoms with E-state index in [1.807, 2.05) is 31.1 Å². The van der Waals surface area contributed by atoms with Crippen LogP contribution in [0.3, 0.4) is 0 Å². The van der Waals surface area contributed by atoms with Crippen LogP contribution in [0.25, 0.3) is 0 Å². The highest BCUT2D eigenvalue weighted by Crippen LogP contribution is 2.22. The van der Waals surface area contributed by atoms with Gasteiger partial charge < -0.3 is 16.0 Å². The first kappa shape index (κ1) is 17.3. The van der Waals surface area contributed by atoms with Gasteiger partial charge in [-0.15, -0.1) is 5.10 Å². The molecule has 0 radical (unpaired) electrons. The van der Waals surface area contributed by atoms with Gasteiger partial charge in [-0.05, 0) is 30.3 Å². The molecule has 0 spiro atoms. The number of rotatable bonds is 4. The Bertz CT molecular complexity index is 949. The third kappa shape index (κ3) is 3.32. The van der Waals surface area contributed by atoms with Crippen molar-refractivity contribution in [3.63, 3.8) is 0 Å². The number of carbonyl (C=O) groups is 1. The summed E-state index contributed by atoms with van der Waals surface area (Å²) in [6.45, 7) is 0. The zero-order chi connectivity index (χ0) is 18.8. The van der Waals surface area contributed by atoms with Gasteiger partial charge in [0.1, 0.15) is 17.2 Å². The number of hydrogen-bond acceptors (Lipinski definition) is 6. The minimum absolute atomic E-state index is 0.0499. The molecule has 0 aliphatic rings. The molecule has 3 aromatic rings. The van der Waals surface area contributed by atoms with Crippen molar-refractivity contribution in [1.82, 2.24) is 14.8 Å². The van der Waals surface area contributed by atoms with Crippen LogP contribution < -0.4 is 16.0 Å². The van der Waals surface area contributed by atoms with Gasteiger partial charge in [0.25, 0.3) is 5.91 Å². The lowest BCUT2D eigenvalue weighted by Gasteiger charge is -2.14. The van der Waals surface area contributed by atoms with Crippen LogP contribution in [-0.2, 0) is 0 Å². The first-order chi connectivity index (χ1) is 12.4. The minimum Gasteiger partial charge on any atom is -0.378 e. The Morgan fingerprint density at radius 3 is 2.46 bits per heavy atom. The molecule has 0 aliphatic carbocycles. The lowest BCUT2D eigenvalue weighted by molar-refractivity contribution is 0.0939. The monoisotopic (exact) mass is 358 g/mol. The van der Waals surface area contributed by atoms with Gasteiger partial charge in [0.05, 0.1) is 0 Å². The number of benzene rings is 2. The molecule has 0 bridgehead atoms. The Kier molecular flexibility index (Phi) is 4.53. The second-order valence-electron chi connectivity index (χ2n) is 5.68. The van der Waals surface area contributed by atoms with Crippen molar-refractivity contribution in [3.8, 4) is 0 Å². The van der Waals surface area contributed by atoms with Crippen molar-refractivity contribution in [2.45, 2.75) is 0 Å². The lowest BCUT2D eigenvalue weighted by atomic mass is 10.2. The van der Waals surface area contributed by atoms with E-state index in [4.69, 9.17) is 5.73 Å². The van der Waals surface area contributed by atoms with E-state index in [9.17, 15) is 13.6 Å². The Morgan fingerprint density at radius 2 is 1.81 bits per heavy atom. The average molecular weight is 358 g/mol. The average Bonchev–Trinajstić information content (AvgIpc) is 2.95. The summed E-state index contributed by atoms with van der Waals surface area (Å²) in [6.07, 6.45) is 0. The quantitative estimate of drug-likeness (QED) is 0.745. The summed E-state index contributed by atoms with van der Waals surface area (Å²) in [5, 5.41) is 6.65. The normalized spacial score (nSPS) is 10.6. The van der Waals surface area contributed by atoms with Gasteiger partial charge in [0, 0.05) is 25.5 Å². The summed E-state index contributed by atoms with van der Waals surface area (Å²) in [6, 6.07) is 10.4. The Morgan fingerprint density at radius 1 is 1.15 bits per heavy atom. The number of carbonyl (C=O) groups excluding carboxylic acids is 1. The molecule has 0 saturated carbocycles. The highest BCUT2D eigenvalue weighted by Gasteiger charge is 2.23. The van der Waals surface area contributed by atoms with Crippen LogP contribution in [0.1, 0.15) is 10.4 Å². The summed E-state index contributed by atoms with van der Waals surface area (Å²) in [4.78, 5) is 18.4. The van der Waals surface area contributed by atoms with E-state index in [0.717, 1.165) is 22.5 Å². The van der Waals surface area contributed by atoms with E-state index in [2.05, 4.69) is 15.4 Å². The zero-order valence-electron chi connectivity index (χ0n) is 14.1. The smallest absolute Gasteiger partial charge is 0.287 e. The van der Waals surface area contributed by atoms with Crippen molar-refractivity contribution >= 4 is 29.2 Å². The van der Waals surface area contributed by atoms with Crippen LogP contribution in [-0.4, -0.2) is 34.8 Å². The number of nitrogens with two attached hydrogens (primary N) is 1. The second-order valence-corrected chi connectivity index (χ2v) is 5.68. The Hall–Kier alpha value is -3.49. The Labute approximate surface area is 148 Å². The summed E-state index contributed by atoms with van der Waals surface area (Å²) >= 11 is 0. The van der Waals surface area contributed by atoms with Crippen LogP contribution in [0.2, 0.25) is 0 Å². The Balaban J connectivity index is 1.99. The van der Waals surface area contributed by atoms with Crippen LogP contribution in [0.15, 0.2) is 42.5 Å². The van der Waals surface area contributed by atoms with Crippen molar-refractivity contribution in [1.29, 1.82) is 0 Å². The predicted octanol–water partition coefficient (Wildman–Crippen LogP) is 2.64. The lowest BCUT2D eigenvalue weighted by Crippen LogP contribution is -2.19. The zero-order valence-corrected chi connectivity index (χ0v) is 14.1. The maximum atomic E-state index is 13.9. The number of nitrogens with one attached hydrogen (secondary N) is 1. The molecule has 0 atom stereocenters. The van der Waals surface area contributed by atoms with Gasteiger partial charge in [-0.3, -0.25) is 4.79 Å². The SMILES string of the molecule is CN(C)c1cccc(Nc2nc(N)nn2C(=O)c2c(F)cccc2F)c1. The number of aromatic nitrogens is 3. The van der Waals surface area contributed by atoms with Crippen molar-refractivity contribution in [3.05, 3.63) is 59.7 Å². The topological polar surface area (TPSA) is 89.1 Å². The van der Waals surface area contributed by atoms with Crippen molar-refractivity contribution < 1.29 is 13.6 Å². The van der Waals surface area contributed by atoms with Gasteiger partial charge in [-0.2, -0.15) is 9.67 Å². The molecule has 0 unspecified atom stereocenters. The molecule has 0 amide bonds. The standard InChI is InChI=1S/C17H16F2N6O/c1-24(2)11-6-3-5-10(9-11)21-17-22-16(20)23-25(17)15(26)14-12(18)7-4-8-13(14)19/h3-9H,1-2H3,(H3,20,21,22,23). The van der Waals surface area contributed by atoms with E-state index >= 15 is 0 Å². The van der Waals surface area contributed by atoms with Crippen molar-refractivity contribution in [2.24, 2.45) is 0 Å². The summed E-state index contributed by atoms with van der Waals surface area (Å²) in [5.41, 5.74) is 6.35. The summed E-state index contributed by atoms with van der Waals surface area (Å²) in [7, 11) is 3.76. The molecule has 1 aromatic heterocycles. The summed E-state index contributed by atoms with van der Waals surface area (Å²) in [5.74, 6) is -3.27. The molecule has 26 heavy (non-hydrogen) atoms. The predicted molar refractivity (Wildman–Crippen MR) is 94.6 cm³/mol. The van der Waals surface area contributed by atoms with Crippen LogP contribution >= 0.6 is 0 Å². The van der Waals surface area contributed by atoms with E-state index in [0.29, 0.717) is 5.69 Å². The molecule has 0 saturated heterocycles. The number of halogens is 2. The first-order valence-corrected chi connectivity index (χ1v) is 7.62. The number of nitrogens with zero attached hydrogens (tertiary/aromatic N) is 4. The molecular weight excluding hydrogens is 342 g/mol. The maximum absolute atomic E-state index is 13.9. The minimum atomic E-state index is -1.02. The van der Waals surface area contributed by atoms with E-state index in [1.165, 1.54) is 6.07 Å². The fourth-order valence-electron chi connectivity index (χ4n) is 2.35. The highest BCUT2D eigenvalue weighted by atomic mass is 19.1. The largest absolute Gasteiger partial charge is 0.378 e. The molecule has 7 nitrogen and oxygen atoms in total. The van der Waals surface area contributed by atoms with Gasteiger partial charge in [0.2, 0.25) is 11.9 Å². The van der Waals surface area contributed by atoms with Crippen molar-refractivity contribution in [2.75, 3.05) is 30.0 Å². The number of hydrogen-bond donors (Lipinski definition) is 2. The van der Waals surface area contributed by atoms with Gasteiger partial charge >= 0.3 is 0 Å². The molecule has 1 heterocycles. The van der Waals surface area contributed by atoms with Gasteiger partial charge in [0.15, 0.2) is 0 Å². The van der Waals surface area contributed by atoms with E-state index in [1.54, 1.807) is 12.1 Å². The van der Waals surface area contributed by atoms with E-state index < -0.39 is 23.1 Å². The molecule has 134 valence electrons. The summed E-state index contributed by atoms with van der Waals surface area (Å²) < 4.78 is 28.6. The van der Waals surface area contributed by atoms with Gasteiger partial charge in [-0.25, -0.2) is 8.78 Å². The van der Waals surface area contributed by atoms with Crippen LogP contribution in [0.4, 0.5) is 32.1 Å². The van der Waals surface area contributed by atoms with E-state index in [-0.39, 0.29) is 11.9 Å². The molecule has 3 N–H and O–H groups in total. The number of nitrogen functional groups attached to an aromatic ring is 1. The molecular formula is C17H16F2N6O. The third-order valence-corrected chi connectivity index (χ3v) is 3.61. The molecule has 3 rings (SSSR count). The highest BCUT2D eigenvalue weighted by molar-refractivity contribution is 5.97. The van der Waals surface area contributed by atoms with Gasteiger partial charge in [-0.1, -0.05) is 12.1 Å².